The van der Waals surface area contributed by atoms with Crippen molar-refractivity contribution in [1.82, 2.24) is 14.6 Å². The summed E-state index contributed by atoms with van der Waals surface area (Å²) in [7, 11) is 0. The summed E-state index contributed by atoms with van der Waals surface area (Å²) in [4.78, 5) is 6.75. The van der Waals surface area contributed by atoms with E-state index in [9.17, 15) is 5.11 Å². The van der Waals surface area contributed by atoms with Gasteiger partial charge in [-0.25, -0.2) is 9.50 Å². The van der Waals surface area contributed by atoms with Gasteiger partial charge in [0.25, 0.3) is 0 Å². The van der Waals surface area contributed by atoms with Gasteiger partial charge in [0.1, 0.15) is 5.52 Å². The monoisotopic (exact) mass is 328 g/mol. The standard InChI is InChI=1S/C17H17ClN4O/c18-13-3-1-2-12(10-13)15-11-16-17(19-6-9-22(16)20-15)21-7-4-14(23)5-8-21/h1-3,6,9-11,14,23H,4-5,7-8H2. The zero-order valence-corrected chi connectivity index (χ0v) is 13.3. The van der Waals surface area contributed by atoms with Crippen molar-refractivity contribution >= 4 is 22.9 Å². The molecule has 3 aromatic rings. The molecule has 0 radical (unpaired) electrons. The van der Waals surface area contributed by atoms with E-state index in [0.717, 1.165) is 48.5 Å². The van der Waals surface area contributed by atoms with Crippen molar-refractivity contribution in [3.05, 3.63) is 47.7 Å². The van der Waals surface area contributed by atoms with Crippen molar-refractivity contribution in [3.8, 4) is 11.3 Å². The van der Waals surface area contributed by atoms with Gasteiger partial charge in [-0.2, -0.15) is 5.10 Å². The largest absolute Gasteiger partial charge is 0.393 e. The van der Waals surface area contributed by atoms with Crippen molar-refractivity contribution in [3.63, 3.8) is 0 Å². The number of aliphatic hydroxyl groups is 1. The van der Waals surface area contributed by atoms with E-state index in [0.29, 0.717) is 5.02 Å². The third kappa shape index (κ3) is 2.78. The van der Waals surface area contributed by atoms with E-state index in [-0.39, 0.29) is 6.10 Å². The lowest BCUT2D eigenvalue weighted by Crippen LogP contribution is -2.36. The molecule has 0 spiro atoms. The van der Waals surface area contributed by atoms with Gasteiger partial charge in [-0.05, 0) is 31.0 Å². The van der Waals surface area contributed by atoms with E-state index in [1.165, 1.54) is 0 Å². The zero-order chi connectivity index (χ0) is 15.8. The highest BCUT2D eigenvalue weighted by atomic mass is 35.5. The average Bonchev–Trinajstić information content (AvgIpc) is 3.00. The van der Waals surface area contributed by atoms with Crippen LogP contribution in [0, 0.1) is 0 Å². The van der Waals surface area contributed by atoms with Gasteiger partial charge in [-0.15, -0.1) is 0 Å². The number of piperidine rings is 1. The van der Waals surface area contributed by atoms with Gasteiger partial charge in [0.15, 0.2) is 5.82 Å². The molecule has 1 saturated heterocycles. The molecule has 2 aromatic heterocycles. The minimum atomic E-state index is -0.196. The molecular weight excluding hydrogens is 312 g/mol. The summed E-state index contributed by atoms with van der Waals surface area (Å²) < 4.78 is 1.85. The fourth-order valence-corrected chi connectivity index (χ4v) is 3.21. The van der Waals surface area contributed by atoms with Gasteiger partial charge in [0.05, 0.1) is 11.8 Å². The first kappa shape index (κ1) is 14.5. The number of fused-ring (bicyclic) bond motifs is 1. The molecule has 118 valence electrons. The van der Waals surface area contributed by atoms with E-state index in [4.69, 9.17) is 11.6 Å². The molecule has 1 N–H and O–H groups in total. The van der Waals surface area contributed by atoms with Gasteiger partial charge in [0.2, 0.25) is 0 Å². The average molecular weight is 329 g/mol. The molecule has 1 aliphatic heterocycles. The fraction of sp³-hybridized carbons (Fsp3) is 0.294. The Morgan fingerprint density at radius 2 is 2.00 bits per heavy atom. The Balaban J connectivity index is 1.76. The van der Waals surface area contributed by atoms with Crippen molar-refractivity contribution in [2.45, 2.75) is 18.9 Å². The fourth-order valence-electron chi connectivity index (χ4n) is 3.02. The Hall–Kier alpha value is -2.11. The van der Waals surface area contributed by atoms with Crippen molar-refractivity contribution in [1.29, 1.82) is 0 Å². The second-order valence-electron chi connectivity index (χ2n) is 5.84. The first-order valence-electron chi connectivity index (χ1n) is 7.74. The summed E-state index contributed by atoms with van der Waals surface area (Å²) in [5, 5.41) is 15.0. The summed E-state index contributed by atoms with van der Waals surface area (Å²) >= 11 is 6.08. The van der Waals surface area contributed by atoms with E-state index >= 15 is 0 Å². The molecule has 0 saturated carbocycles. The predicted octanol–water partition coefficient (Wildman–Crippen LogP) is 3.01. The van der Waals surface area contributed by atoms with Gasteiger partial charge in [-0.3, -0.25) is 0 Å². The maximum atomic E-state index is 9.69. The number of aromatic nitrogens is 3. The lowest BCUT2D eigenvalue weighted by molar-refractivity contribution is 0.145. The number of hydrogen-bond donors (Lipinski definition) is 1. The van der Waals surface area contributed by atoms with Crippen LogP contribution in [-0.4, -0.2) is 38.9 Å². The quantitative estimate of drug-likeness (QED) is 0.785. The Labute approximate surface area is 139 Å². The molecule has 0 aliphatic carbocycles. The van der Waals surface area contributed by atoms with Crippen LogP contribution < -0.4 is 4.90 Å². The minimum absolute atomic E-state index is 0.196. The topological polar surface area (TPSA) is 53.7 Å². The van der Waals surface area contributed by atoms with Crippen LogP contribution in [0.15, 0.2) is 42.7 Å². The lowest BCUT2D eigenvalue weighted by Gasteiger charge is -2.30. The first-order chi connectivity index (χ1) is 11.2. The molecule has 0 atom stereocenters. The molecule has 6 heteroatoms. The van der Waals surface area contributed by atoms with Crippen LogP contribution in [0.2, 0.25) is 5.02 Å². The smallest absolute Gasteiger partial charge is 0.154 e. The van der Waals surface area contributed by atoms with Crippen LogP contribution in [0.3, 0.4) is 0 Å². The SMILES string of the molecule is OC1CCN(c2nccn3nc(-c4cccc(Cl)c4)cc23)CC1. The highest BCUT2D eigenvalue weighted by molar-refractivity contribution is 6.30. The summed E-state index contributed by atoms with van der Waals surface area (Å²) in [5.41, 5.74) is 2.83. The van der Waals surface area contributed by atoms with E-state index < -0.39 is 0 Å². The normalized spacial score (nSPS) is 16.2. The highest BCUT2D eigenvalue weighted by Crippen LogP contribution is 2.28. The third-order valence-electron chi connectivity index (χ3n) is 4.25. The second kappa shape index (κ2) is 5.83. The highest BCUT2D eigenvalue weighted by Gasteiger charge is 2.20. The molecule has 0 unspecified atom stereocenters. The number of anilines is 1. The molecule has 1 aromatic carbocycles. The molecule has 3 heterocycles. The molecule has 1 fully saturated rings. The number of hydrogen-bond acceptors (Lipinski definition) is 4. The van der Waals surface area contributed by atoms with E-state index in [1.54, 1.807) is 6.20 Å². The molecule has 4 rings (SSSR count). The van der Waals surface area contributed by atoms with Crippen LogP contribution >= 0.6 is 11.6 Å². The van der Waals surface area contributed by atoms with Crippen molar-refractivity contribution in [2.75, 3.05) is 18.0 Å². The van der Waals surface area contributed by atoms with Crippen LogP contribution in [0.25, 0.3) is 16.8 Å². The Kier molecular flexibility index (Phi) is 3.67. The maximum Gasteiger partial charge on any atom is 0.154 e. The van der Waals surface area contributed by atoms with Gasteiger partial charge < -0.3 is 10.0 Å². The molecular formula is C17H17ClN4O. The second-order valence-corrected chi connectivity index (χ2v) is 6.28. The van der Waals surface area contributed by atoms with Crippen LogP contribution in [-0.2, 0) is 0 Å². The Morgan fingerprint density at radius 3 is 2.78 bits per heavy atom. The first-order valence-corrected chi connectivity index (χ1v) is 8.12. The third-order valence-corrected chi connectivity index (χ3v) is 4.49. The number of halogens is 1. The van der Waals surface area contributed by atoms with Gasteiger partial charge >= 0.3 is 0 Å². The molecule has 0 bridgehead atoms. The minimum Gasteiger partial charge on any atom is -0.393 e. The summed E-state index contributed by atoms with van der Waals surface area (Å²) in [6.45, 7) is 1.62. The number of nitrogens with zero attached hydrogens (tertiary/aromatic N) is 4. The van der Waals surface area contributed by atoms with Crippen LogP contribution in [0.1, 0.15) is 12.8 Å². The summed E-state index contributed by atoms with van der Waals surface area (Å²) in [6.07, 6.45) is 4.97. The maximum absolute atomic E-state index is 9.69. The number of aliphatic hydroxyl groups excluding tert-OH is 1. The van der Waals surface area contributed by atoms with Crippen molar-refractivity contribution in [2.24, 2.45) is 0 Å². The number of benzene rings is 1. The molecule has 0 amide bonds. The summed E-state index contributed by atoms with van der Waals surface area (Å²) in [5.74, 6) is 0.917. The predicted molar refractivity (Wildman–Crippen MR) is 90.9 cm³/mol. The number of rotatable bonds is 2. The molecule has 1 aliphatic rings. The van der Waals surface area contributed by atoms with Crippen molar-refractivity contribution < 1.29 is 5.11 Å². The van der Waals surface area contributed by atoms with Gasteiger partial charge in [-0.1, -0.05) is 23.7 Å². The zero-order valence-electron chi connectivity index (χ0n) is 12.6. The summed E-state index contributed by atoms with van der Waals surface area (Å²) in [6, 6.07) is 9.73. The van der Waals surface area contributed by atoms with E-state index in [2.05, 4.69) is 15.0 Å². The van der Waals surface area contributed by atoms with E-state index in [1.807, 2.05) is 41.0 Å². The Morgan fingerprint density at radius 1 is 1.17 bits per heavy atom. The molecule has 5 nitrogen and oxygen atoms in total. The van der Waals surface area contributed by atoms with Crippen LogP contribution in [0.5, 0.6) is 0 Å². The van der Waals surface area contributed by atoms with Gasteiger partial charge in [0, 0.05) is 36.1 Å². The Bertz CT molecular complexity index is 839. The lowest BCUT2D eigenvalue weighted by atomic mass is 10.1. The van der Waals surface area contributed by atoms with Crippen LogP contribution in [0.4, 0.5) is 5.82 Å². The molecule has 23 heavy (non-hydrogen) atoms.